The van der Waals surface area contributed by atoms with Crippen molar-refractivity contribution in [2.24, 2.45) is 0 Å². The normalized spacial score (nSPS) is 21.5. The summed E-state index contributed by atoms with van der Waals surface area (Å²) < 4.78 is 20.2. The first-order valence-electron chi connectivity index (χ1n) is 14.4. The Bertz CT molecular complexity index is 1640. The highest BCUT2D eigenvalue weighted by Gasteiger charge is 2.49. The molecule has 2 unspecified atom stereocenters. The average Bonchev–Trinajstić information content (AvgIpc) is 3.01. The summed E-state index contributed by atoms with van der Waals surface area (Å²) in [6.07, 6.45) is 4.55. The number of esters is 1. The fourth-order valence-corrected chi connectivity index (χ4v) is 7.49. The second kappa shape index (κ2) is 15.4. The Labute approximate surface area is 279 Å². The highest BCUT2D eigenvalue weighted by atomic mass is 35.5. The molecule has 1 heterocycles. The molecule has 14 heteroatoms. The summed E-state index contributed by atoms with van der Waals surface area (Å²) in [5.74, 6) is -2.62. The zero-order valence-corrected chi connectivity index (χ0v) is 27.5. The van der Waals surface area contributed by atoms with Crippen LogP contribution >= 0.6 is 23.2 Å². The van der Waals surface area contributed by atoms with Gasteiger partial charge in [0.05, 0.1) is 42.2 Å². The molecule has 0 radical (unpaired) electrons. The van der Waals surface area contributed by atoms with Crippen molar-refractivity contribution in [3.63, 3.8) is 0 Å². The van der Waals surface area contributed by atoms with Gasteiger partial charge >= 0.3 is 5.97 Å². The lowest BCUT2D eigenvalue weighted by atomic mass is 9.76. The van der Waals surface area contributed by atoms with Crippen molar-refractivity contribution < 1.29 is 38.7 Å². The Hall–Kier alpha value is -3.52. The minimum atomic E-state index is -1.35. The molecule has 2 aliphatic rings. The maximum absolute atomic E-state index is 14.4. The highest BCUT2D eigenvalue weighted by Crippen LogP contribution is 2.48. The topological polar surface area (TPSA) is 166 Å². The van der Waals surface area contributed by atoms with E-state index in [1.807, 2.05) is 0 Å². The Kier molecular flexibility index (Phi) is 11.8. The van der Waals surface area contributed by atoms with Crippen LogP contribution in [0.2, 0.25) is 10.0 Å². The number of phenolic OH excluding ortho intramolecular Hbond substituents is 1. The fraction of sp³-hybridized carbons (Fsp3) is 0.344. The minimum absolute atomic E-state index is 0. The monoisotopic (exact) mass is 691 g/mol. The highest BCUT2D eigenvalue weighted by molar-refractivity contribution is 7.82. The van der Waals surface area contributed by atoms with E-state index < -0.39 is 40.9 Å². The number of halogens is 2. The summed E-state index contributed by atoms with van der Waals surface area (Å²) in [5, 5.41) is 11.1. The zero-order chi connectivity index (χ0) is 32.2. The lowest BCUT2D eigenvalue weighted by Gasteiger charge is -2.49. The molecule has 1 aliphatic carbocycles. The van der Waals surface area contributed by atoms with Gasteiger partial charge in [-0.15, -0.1) is 0 Å². The quantitative estimate of drug-likeness (QED) is 0.221. The third kappa shape index (κ3) is 7.54. The summed E-state index contributed by atoms with van der Waals surface area (Å²) >= 11 is 13.0. The lowest BCUT2D eigenvalue weighted by molar-refractivity contribution is -0.138. The smallest absolute Gasteiger partial charge is 0.337 e. The van der Waals surface area contributed by atoms with Gasteiger partial charge < -0.3 is 20.2 Å². The van der Waals surface area contributed by atoms with E-state index in [-0.39, 0.29) is 40.4 Å². The average molecular weight is 693 g/mol. The Morgan fingerprint density at radius 2 is 1.80 bits per heavy atom. The molecule has 1 fully saturated rings. The van der Waals surface area contributed by atoms with Gasteiger partial charge in [0, 0.05) is 33.9 Å². The van der Waals surface area contributed by atoms with Crippen LogP contribution in [0.25, 0.3) is 0 Å². The van der Waals surface area contributed by atoms with Gasteiger partial charge in [0.25, 0.3) is 11.8 Å². The summed E-state index contributed by atoms with van der Waals surface area (Å²) in [5.41, 5.74) is 4.51. The van der Waals surface area contributed by atoms with Gasteiger partial charge in [0.2, 0.25) is 0 Å². The molecule has 0 aromatic heterocycles. The molecule has 5 N–H and O–H groups in total. The molecule has 0 spiro atoms. The number of hydrogen-bond donors (Lipinski definition) is 3. The number of amides is 2. The number of benzene rings is 3. The molecule has 2 amide bonds. The second-order valence-electron chi connectivity index (χ2n) is 11.0. The van der Waals surface area contributed by atoms with Gasteiger partial charge in [-0.2, -0.15) is 0 Å². The number of fused-ring (bicyclic) bond motifs is 1. The zero-order valence-electron chi connectivity index (χ0n) is 25.1. The number of nitrogens with zero attached hydrogens (tertiary/aromatic N) is 1. The van der Waals surface area contributed by atoms with Crippen LogP contribution in [0.3, 0.4) is 0 Å². The maximum atomic E-state index is 14.4. The SMILES string of the molecule is COC(=O)c1cccc(CONC(=O)[C@@H]2c3cc(O)ccc3C(=O)N(C3CCCC[C@@H]3NS(C)=O)[C@H]2c2ccc(Cl)cc2Cl)c1.O. The van der Waals surface area contributed by atoms with E-state index in [4.69, 9.17) is 32.8 Å². The summed E-state index contributed by atoms with van der Waals surface area (Å²) in [4.78, 5) is 47.8. The Balaban J connectivity index is 0.00000480. The molecule has 1 saturated carbocycles. The Morgan fingerprint density at radius 3 is 2.52 bits per heavy atom. The van der Waals surface area contributed by atoms with Gasteiger partial charge in [0.15, 0.2) is 0 Å². The number of ether oxygens (including phenoxy) is 1. The molecule has 3 aromatic rings. The summed E-state index contributed by atoms with van der Waals surface area (Å²) in [6.45, 7) is -0.0673. The van der Waals surface area contributed by atoms with Crippen molar-refractivity contribution in [1.82, 2.24) is 15.1 Å². The van der Waals surface area contributed by atoms with Crippen LogP contribution in [-0.2, 0) is 32.0 Å². The van der Waals surface area contributed by atoms with E-state index in [1.54, 1.807) is 53.6 Å². The van der Waals surface area contributed by atoms with E-state index >= 15 is 0 Å². The van der Waals surface area contributed by atoms with E-state index in [9.17, 15) is 23.7 Å². The fourth-order valence-electron chi connectivity index (χ4n) is 6.27. The Morgan fingerprint density at radius 1 is 1.04 bits per heavy atom. The number of carbonyl (C=O) groups is 3. The molecule has 246 valence electrons. The first kappa shape index (κ1) is 35.3. The van der Waals surface area contributed by atoms with Crippen molar-refractivity contribution in [2.45, 2.75) is 56.3 Å². The molecule has 11 nitrogen and oxygen atoms in total. The molecule has 3 aromatic carbocycles. The largest absolute Gasteiger partial charge is 0.508 e. The predicted octanol–water partition coefficient (Wildman–Crippen LogP) is 4.38. The van der Waals surface area contributed by atoms with Gasteiger partial charge in [-0.3, -0.25) is 14.4 Å². The maximum Gasteiger partial charge on any atom is 0.337 e. The molecule has 1 aliphatic heterocycles. The number of phenols is 1. The number of nitrogens with one attached hydrogen (secondary N) is 2. The van der Waals surface area contributed by atoms with Crippen LogP contribution in [0.5, 0.6) is 5.75 Å². The van der Waals surface area contributed by atoms with Crippen LogP contribution < -0.4 is 10.2 Å². The second-order valence-corrected chi connectivity index (χ2v) is 13.0. The first-order chi connectivity index (χ1) is 21.6. The predicted molar refractivity (Wildman–Crippen MR) is 174 cm³/mol. The van der Waals surface area contributed by atoms with Crippen molar-refractivity contribution in [1.29, 1.82) is 0 Å². The summed E-state index contributed by atoms with van der Waals surface area (Å²) in [7, 11) is -0.0614. The number of methoxy groups -OCH3 is 1. The number of aromatic hydroxyl groups is 1. The summed E-state index contributed by atoms with van der Waals surface area (Å²) in [6, 6.07) is 14.1. The van der Waals surface area contributed by atoms with Crippen LogP contribution in [0, 0.1) is 0 Å². The molecule has 5 rings (SSSR count). The third-order valence-electron chi connectivity index (χ3n) is 8.18. The van der Waals surface area contributed by atoms with Gasteiger partial charge in [-0.25, -0.2) is 19.2 Å². The molecule has 5 atom stereocenters. The van der Waals surface area contributed by atoms with E-state index in [0.717, 1.165) is 12.8 Å². The van der Waals surface area contributed by atoms with Crippen molar-refractivity contribution in [3.8, 4) is 5.75 Å². The molecular weight excluding hydrogens is 657 g/mol. The van der Waals surface area contributed by atoms with Gasteiger partial charge in [-0.1, -0.05) is 54.2 Å². The third-order valence-corrected chi connectivity index (χ3v) is 9.38. The van der Waals surface area contributed by atoms with E-state index in [2.05, 4.69) is 10.2 Å². The number of hydroxylamine groups is 1. The number of hydrogen-bond acceptors (Lipinski definition) is 7. The van der Waals surface area contributed by atoms with Gasteiger partial charge in [-0.05, 0) is 72.0 Å². The first-order valence-corrected chi connectivity index (χ1v) is 16.7. The van der Waals surface area contributed by atoms with Crippen molar-refractivity contribution in [2.75, 3.05) is 13.4 Å². The number of carbonyl (C=O) groups excluding carboxylic acids is 3. The molecule has 46 heavy (non-hydrogen) atoms. The lowest BCUT2D eigenvalue weighted by Crippen LogP contribution is -2.58. The molecule has 0 bridgehead atoms. The van der Waals surface area contributed by atoms with E-state index in [0.29, 0.717) is 40.1 Å². The minimum Gasteiger partial charge on any atom is -0.508 e. The molecular formula is C32H35Cl2N3O8S. The van der Waals surface area contributed by atoms with Crippen molar-refractivity contribution >= 4 is 52.0 Å². The van der Waals surface area contributed by atoms with Crippen LogP contribution in [0.4, 0.5) is 0 Å². The van der Waals surface area contributed by atoms with Crippen LogP contribution in [0.1, 0.15) is 75.0 Å². The molecule has 0 saturated heterocycles. The van der Waals surface area contributed by atoms with E-state index in [1.165, 1.54) is 25.3 Å². The van der Waals surface area contributed by atoms with Crippen LogP contribution in [0.15, 0.2) is 60.7 Å². The van der Waals surface area contributed by atoms with Crippen LogP contribution in [-0.4, -0.2) is 62.9 Å². The standard InChI is InChI=1S/C32H33Cl2N3O7S.H2O/c1-43-32(41)19-7-5-6-18(14-19)17-44-35-30(39)28-24-16-21(38)11-13-22(24)31(40)37(27-9-4-3-8-26(27)36-45(2)42)29(28)23-12-10-20(33)15-25(23)34;/h5-7,10-16,26-29,36,38H,3-4,8-9,17H2,1-2H3,(H,35,39);1H2/t26-,27?,28+,29-,45?;/m0./s1. The van der Waals surface area contributed by atoms with Crippen molar-refractivity contribution in [3.05, 3.63) is 98.5 Å². The number of rotatable bonds is 9. The van der Waals surface area contributed by atoms with Gasteiger partial charge in [0.1, 0.15) is 5.75 Å².